The van der Waals surface area contributed by atoms with Gasteiger partial charge in [0.15, 0.2) is 9.84 Å². The number of hydrogen-bond acceptors (Lipinski definition) is 7. The second-order valence-electron chi connectivity index (χ2n) is 14.1. The third-order valence-corrected chi connectivity index (χ3v) is 12.4. The number of azide groups is 1. The molecule has 4 N–H and O–H groups in total. The van der Waals surface area contributed by atoms with Crippen LogP contribution >= 0.6 is 0 Å². The highest BCUT2D eigenvalue weighted by Crippen LogP contribution is 2.43. The second kappa shape index (κ2) is 15.0. The lowest BCUT2D eigenvalue weighted by Crippen LogP contribution is -2.39. The molecule has 13 heteroatoms. The van der Waals surface area contributed by atoms with Crippen LogP contribution in [0, 0.1) is 11.8 Å². The van der Waals surface area contributed by atoms with Crippen molar-refractivity contribution in [2.24, 2.45) is 22.7 Å². The van der Waals surface area contributed by atoms with E-state index in [0.29, 0.717) is 12.1 Å². The highest BCUT2D eigenvalue weighted by molar-refractivity contribution is 7.92. The van der Waals surface area contributed by atoms with Crippen LogP contribution in [0.5, 0.6) is 0 Å². The van der Waals surface area contributed by atoms with Crippen molar-refractivity contribution in [1.29, 1.82) is 0 Å². The molecule has 2 aliphatic rings. The Morgan fingerprint density at radius 2 is 1.80 bits per heavy atom. The van der Waals surface area contributed by atoms with Crippen LogP contribution in [0.2, 0.25) is 0 Å². The molecule has 5 atom stereocenters. The number of sulfone groups is 1. The monoisotopic (exact) mass is 655 g/mol. The molecule has 2 saturated carbocycles. The molecule has 252 valence electrons. The minimum absolute atomic E-state index is 0.0507. The van der Waals surface area contributed by atoms with Crippen LogP contribution in [0.25, 0.3) is 10.4 Å². The molecule has 2 amide bonds. The molecule has 5 unspecified atom stereocenters. The van der Waals surface area contributed by atoms with E-state index in [2.05, 4.69) is 20.3 Å². The first kappa shape index (κ1) is 35.4. The van der Waals surface area contributed by atoms with Gasteiger partial charge in [0.1, 0.15) is 0 Å². The van der Waals surface area contributed by atoms with Crippen LogP contribution in [0.3, 0.4) is 0 Å². The molecule has 0 saturated heterocycles. The van der Waals surface area contributed by atoms with Crippen molar-refractivity contribution >= 4 is 27.6 Å². The number of carbonyl (C=O) groups excluding carboxylic acids is 2. The van der Waals surface area contributed by atoms with Gasteiger partial charge >= 0.3 is 0 Å². The van der Waals surface area contributed by atoms with Crippen LogP contribution in [-0.4, -0.2) is 57.5 Å². The molecule has 46 heavy (non-hydrogen) atoms. The number of rotatable bonds is 15. The van der Waals surface area contributed by atoms with Crippen LogP contribution in [-0.2, 0) is 19.4 Å². The van der Waals surface area contributed by atoms with Gasteiger partial charge in [-0.2, -0.15) is 0 Å². The van der Waals surface area contributed by atoms with E-state index in [1.807, 2.05) is 30.3 Å². The highest BCUT2D eigenvalue weighted by Gasteiger charge is 2.42. The Kier molecular flexibility index (Phi) is 11.6. The Morgan fingerprint density at radius 3 is 2.37 bits per heavy atom. The third kappa shape index (κ3) is 8.68. The summed E-state index contributed by atoms with van der Waals surface area (Å²) in [4.78, 5) is 33.7. The largest absolute Gasteiger partial charge is 0.391 e. The van der Waals surface area contributed by atoms with Gasteiger partial charge in [0, 0.05) is 17.3 Å². The molecule has 2 aromatic rings. The first-order valence-electron chi connectivity index (χ1n) is 16.4. The number of aliphatic hydroxyl groups is 1. The number of hydrogen-bond donors (Lipinski definition) is 3. The number of amides is 2. The van der Waals surface area contributed by atoms with E-state index >= 15 is 0 Å². The second-order valence-corrected chi connectivity index (χ2v) is 16.9. The van der Waals surface area contributed by atoms with Gasteiger partial charge in [-0.25, -0.2) is 13.4 Å². The molecule has 2 aliphatic carbocycles. The van der Waals surface area contributed by atoms with Gasteiger partial charge in [0.2, 0.25) is 17.8 Å². The summed E-state index contributed by atoms with van der Waals surface area (Å²) in [6, 6.07) is 7.75. The van der Waals surface area contributed by atoms with E-state index in [4.69, 9.17) is 5.73 Å². The zero-order valence-electron chi connectivity index (χ0n) is 27.4. The quantitative estimate of drug-likeness (QED) is 0.124. The lowest BCUT2D eigenvalue weighted by molar-refractivity contribution is -0.119. The number of aromatic nitrogens is 2. The Labute approximate surface area is 272 Å². The molecule has 1 heterocycles. The number of nitrogens with two attached hydrogens (primary N) is 1. The summed E-state index contributed by atoms with van der Waals surface area (Å²) in [6.45, 7) is 6.59. The molecule has 2 fully saturated rings. The first-order chi connectivity index (χ1) is 21.7. The summed E-state index contributed by atoms with van der Waals surface area (Å²) in [5, 5.41) is 18.8. The molecular weight excluding hydrogens is 606 g/mol. The van der Waals surface area contributed by atoms with Crippen molar-refractivity contribution in [3.05, 3.63) is 58.2 Å². The number of primary amides is 1. The smallest absolute Gasteiger partial charge is 0.227 e. The van der Waals surface area contributed by atoms with E-state index < -0.39 is 56.4 Å². The average Bonchev–Trinajstić information content (AvgIpc) is 3.77. The zero-order chi connectivity index (χ0) is 33.6. The van der Waals surface area contributed by atoms with Gasteiger partial charge in [-0.1, -0.05) is 67.6 Å². The fourth-order valence-corrected chi connectivity index (χ4v) is 7.86. The highest BCUT2D eigenvalue weighted by atomic mass is 32.2. The SMILES string of the molecule is CC(C(N)=O)c1cnc(NC(=O)CC(CS(=O)(=O)C(C)(C)C)c2ccccc2)n1C(CC1CCCCC1)C(O)C(N=[N+]=[N-])C1CC1. The van der Waals surface area contributed by atoms with E-state index in [1.165, 1.54) is 6.20 Å². The van der Waals surface area contributed by atoms with Crippen molar-refractivity contribution in [3.8, 4) is 0 Å². The summed E-state index contributed by atoms with van der Waals surface area (Å²) in [6.07, 6.45) is 7.75. The molecule has 0 spiro atoms. The first-order valence-corrected chi connectivity index (χ1v) is 18.0. The van der Waals surface area contributed by atoms with Crippen LogP contribution in [0.1, 0.15) is 115 Å². The van der Waals surface area contributed by atoms with E-state index in [9.17, 15) is 28.6 Å². The van der Waals surface area contributed by atoms with Gasteiger partial charge < -0.3 is 15.4 Å². The minimum Gasteiger partial charge on any atom is -0.391 e. The van der Waals surface area contributed by atoms with E-state index in [1.54, 1.807) is 32.3 Å². The fourth-order valence-electron chi connectivity index (χ4n) is 6.52. The molecular formula is C33H49N7O5S. The van der Waals surface area contributed by atoms with Crippen molar-refractivity contribution in [2.45, 2.75) is 120 Å². The number of aliphatic hydroxyl groups excluding tert-OH is 1. The molecule has 0 aliphatic heterocycles. The van der Waals surface area contributed by atoms with Crippen molar-refractivity contribution < 1.29 is 23.1 Å². The number of anilines is 1. The predicted octanol–water partition coefficient (Wildman–Crippen LogP) is 5.76. The summed E-state index contributed by atoms with van der Waals surface area (Å²) in [7, 11) is -3.57. The Bertz CT molecular complexity index is 1500. The van der Waals surface area contributed by atoms with Crippen molar-refractivity contribution in [3.63, 3.8) is 0 Å². The van der Waals surface area contributed by atoms with Gasteiger partial charge in [0.05, 0.1) is 46.5 Å². The Hall–Kier alpha value is -3.41. The summed E-state index contributed by atoms with van der Waals surface area (Å²) >= 11 is 0. The number of imidazole rings is 1. The molecule has 1 aromatic heterocycles. The van der Waals surface area contributed by atoms with Crippen LogP contribution in [0.15, 0.2) is 41.6 Å². The fraction of sp³-hybridized carbons (Fsp3) is 0.667. The molecule has 0 bridgehead atoms. The topological polar surface area (TPSA) is 193 Å². The Balaban J connectivity index is 1.72. The van der Waals surface area contributed by atoms with E-state index in [0.717, 1.165) is 50.5 Å². The number of nitrogens with zero attached hydrogens (tertiary/aromatic N) is 5. The van der Waals surface area contributed by atoms with Crippen molar-refractivity contribution in [2.75, 3.05) is 11.1 Å². The number of benzene rings is 1. The summed E-state index contributed by atoms with van der Waals surface area (Å²) in [5.74, 6) is -2.20. The van der Waals surface area contributed by atoms with Gasteiger partial charge in [0.25, 0.3) is 0 Å². The van der Waals surface area contributed by atoms with Gasteiger partial charge in [-0.15, -0.1) is 0 Å². The minimum atomic E-state index is -3.57. The zero-order valence-corrected chi connectivity index (χ0v) is 28.2. The maximum atomic E-state index is 13.8. The predicted molar refractivity (Wildman–Crippen MR) is 178 cm³/mol. The lowest BCUT2D eigenvalue weighted by atomic mass is 9.82. The molecule has 0 radical (unpaired) electrons. The number of nitrogens with one attached hydrogen (secondary N) is 1. The normalized spacial score (nSPS) is 19.3. The van der Waals surface area contributed by atoms with Crippen LogP contribution in [0.4, 0.5) is 5.95 Å². The molecule has 12 nitrogen and oxygen atoms in total. The summed E-state index contributed by atoms with van der Waals surface area (Å²) < 4.78 is 27.2. The molecule has 1 aromatic carbocycles. The standard InChI is InChI=1S/C33H49N7O5S/c1-21(31(34)43)27-19-36-32(37-28(41)18-25(23-13-9-6-10-14-23)20-46(44,45)33(2,3)4)40(27)26(17-22-11-7-5-8-12-22)30(42)29(38-39-35)24-15-16-24/h6,9-10,13-14,19,21-22,24-26,29-30,42H,5,7-8,11-12,15-18,20H2,1-4H3,(H2,34,43)(H,36,37,41). The number of carbonyl (C=O) groups is 2. The third-order valence-electron chi connectivity index (χ3n) is 9.67. The summed E-state index contributed by atoms with van der Waals surface area (Å²) in [5.41, 5.74) is 16.3. The van der Waals surface area contributed by atoms with Crippen LogP contribution < -0.4 is 11.1 Å². The molecule has 4 rings (SSSR count). The van der Waals surface area contributed by atoms with E-state index in [-0.39, 0.29) is 30.0 Å². The van der Waals surface area contributed by atoms with Gasteiger partial charge in [-0.3, -0.25) is 14.9 Å². The van der Waals surface area contributed by atoms with Crippen molar-refractivity contribution in [1.82, 2.24) is 9.55 Å². The lowest BCUT2D eigenvalue weighted by Gasteiger charge is -2.35. The maximum absolute atomic E-state index is 13.8. The van der Waals surface area contributed by atoms with Gasteiger partial charge in [-0.05, 0) is 69.9 Å². The Morgan fingerprint density at radius 1 is 1.15 bits per heavy atom. The average molecular weight is 656 g/mol. The maximum Gasteiger partial charge on any atom is 0.227 e.